The Balaban J connectivity index is 1.64. The van der Waals surface area contributed by atoms with E-state index in [1.165, 1.54) is 11.8 Å². The number of anilines is 1. The lowest BCUT2D eigenvalue weighted by atomic mass is 10.0. The van der Waals surface area contributed by atoms with E-state index in [0.717, 1.165) is 42.7 Å². The summed E-state index contributed by atoms with van der Waals surface area (Å²) in [5, 5.41) is 2.61. The maximum Gasteiger partial charge on any atom is 0.263 e. The second kappa shape index (κ2) is 6.80. The molecule has 3 aliphatic rings. The molecule has 1 saturated carbocycles. The van der Waals surface area contributed by atoms with Crippen molar-refractivity contribution in [3.63, 3.8) is 0 Å². The molecule has 4 rings (SSSR count). The molecule has 1 aliphatic carbocycles. The number of fused-ring (bicyclic) bond motifs is 1. The van der Waals surface area contributed by atoms with Crippen molar-refractivity contribution in [3.8, 4) is 5.75 Å². The van der Waals surface area contributed by atoms with E-state index in [9.17, 15) is 9.59 Å². The Bertz CT molecular complexity index is 785. The fourth-order valence-corrected chi connectivity index (χ4v) is 4.56. The number of rotatable bonds is 2. The number of ether oxygens (including phenoxy) is 1. The van der Waals surface area contributed by atoms with E-state index in [1.54, 1.807) is 6.08 Å². The Hall–Kier alpha value is -1.86. The van der Waals surface area contributed by atoms with E-state index >= 15 is 0 Å². The summed E-state index contributed by atoms with van der Waals surface area (Å²) in [5.41, 5.74) is 1.65. The summed E-state index contributed by atoms with van der Waals surface area (Å²) in [6, 6.07) is 5.68. The van der Waals surface area contributed by atoms with E-state index < -0.39 is 0 Å². The number of nitrogens with zero attached hydrogens (tertiary/aromatic N) is 1. The van der Waals surface area contributed by atoms with E-state index in [-0.39, 0.29) is 17.7 Å². The number of nitrogens with one attached hydrogen (secondary N) is 1. The molecule has 130 valence electrons. The monoisotopic (exact) mass is 374 g/mol. The van der Waals surface area contributed by atoms with Crippen molar-refractivity contribution in [2.75, 3.05) is 18.1 Å². The lowest BCUT2D eigenvalue weighted by Gasteiger charge is -2.31. The molecule has 5 nitrogen and oxygen atoms in total. The summed E-state index contributed by atoms with van der Waals surface area (Å²) in [6.07, 6.45) is 6.01. The lowest BCUT2D eigenvalue weighted by Crippen LogP contribution is -2.41. The SMILES string of the molecule is O=C1NC(=S)S/C1=C\c1ccc2c(c1)N(C(=O)C1CCCC1)CCO2. The van der Waals surface area contributed by atoms with E-state index in [0.29, 0.717) is 22.4 Å². The Labute approximate surface area is 155 Å². The van der Waals surface area contributed by atoms with Crippen LogP contribution in [0.15, 0.2) is 23.1 Å². The molecule has 25 heavy (non-hydrogen) atoms. The molecule has 2 heterocycles. The number of carbonyl (C=O) groups excluding carboxylic acids is 2. The molecule has 0 spiro atoms. The fourth-order valence-electron chi connectivity index (χ4n) is 3.52. The van der Waals surface area contributed by atoms with Gasteiger partial charge < -0.3 is 15.0 Å². The largest absolute Gasteiger partial charge is 0.490 e. The van der Waals surface area contributed by atoms with Crippen molar-refractivity contribution in [2.24, 2.45) is 5.92 Å². The quantitative estimate of drug-likeness (QED) is 0.637. The van der Waals surface area contributed by atoms with Crippen molar-refractivity contribution in [3.05, 3.63) is 28.7 Å². The third kappa shape index (κ3) is 3.30. The average molecular weight is 374 g/mol. The van der Waals surface area contributed by atoms with Gasteiger partial charge in [-0.2, -0.15) is 0 Å². The third-order valence-corrected chi connectivity index (χ3v) is 5.92. The van der Waals surface area contributed by atoms with E-state index in [1.807, 2.05) is 23.1 Å². The first-order valence-corrected chi connectivity index (χ1v) is 9.67. The zero-order valence-corrected chi connectivity index (χ0v) is 15.3. The van der Waals surface area contributed by atoms with Crippen LogP contribution in [0.2, 0.25) is 0 Å². The van der Waals surface area contributed by atoms with Crippen LogP contribution in [-0.4, -0.2) is 29.3 Å². The number of thioether (sulfide) groups is 1. The van der Waals surface area contributed by atoms with Gasteiger partial charge in [0.15, 0.2) is 0 Å². The molecule has 1 aromatic carbocycles. The Morgan fingerprint density at radius 3 is 2.88 bits per heavy atom. The molecule has 1 N–H and O–H groups in total. The highest BCUT2D eigenvalue weighted by molar-refractivity contribution is 8.26. The van der Waals surface area contributed by atoms with Gasteiger partial charge in [-0.15, -0.1) is 0 Å². The molecule has 2 fully saturated rings. The van der Waals surface area contributed by atoms with Crippen LogP contribution in [0.5, 0.6) is 5.75 Å². The van der Waals surface area contributed by atoms with Crippen LogP contribution in [0.4, 0.5) is 5.69 Å². The van der Waals surface area contributed by atoms with Gasteiger partial charge in [-0.1, -0.05) is 42.9 Å². The minimum Gasteiger partial charge on any atom is -0.490 e. The molecule has 0 unspecified atom stereocenters. The first-order valence-electron chi connectivity index (χ1n) is 8.45. The lowest BCUT2D eigenvalue weighted by molar-refractivity contribution is -0.122. The summed E-state index contributed by atoms with van der Waals surface area (Å²) in [5.74, 6) is 0.865. The molecular weight excluding hydrogens is 356 g/mol. The molecular formula is C18H18N2O3S2. The Morgan fingerprint density at radius 1 is 1.36 bits per heavy atom. The highest BCUT2D eigenvalue weighted by atomic mass is 32.2. The van der Waals surface area contributed by atoms with Crippen LogP contribution < -0.4 is 15.0 Å². The first kappa shape index (κ1) is 16.6. The maximum atomic E-state index is 12.9. The molecule has 0 radical (unpaired) electrons. The van der Waals surface area contributed by atoms with Crippen LogP contribution in [0.25, 0.3) is 6.08 Å². The van der Waals surface area contributed by atoms with Crippen LogP contribution >= 0.6 is 24.0 Å². The maximum absolute atomic E-state index is 12.9. The number of thiocarbonyl (C=S) groups is 1. The van der Waals surface area contributed by atoms with Crippen LogP contribution in [0.3, 0.4) is 0 Å². The first-order chi connectivity index (χ1) is 12.1. The minimum absolute atomic E-state index is 0.126. The average Bonchev–Trinajstić information content (AvgIpc) is 3.24. The van der Waals surface area contributed by atoms with Crippen molar-refractivity contribution >= 4 is 51.9 Å². The normalized spacial score (nSPS) is 22.1. The van der Waals surface area contributed by atoms with Gasteiger partial charge in [-0.3, -0.25) is 9.59 Å². The van der Waals surface area contributed by atoms with Gasteiger partial charge in [0, 0.05) is 5.92 Å². The molecule has 1 aromatic rings. The number of benzene rings is 1. The van der Waals surface area contributed by atoms with Gasteiger partial charge in [0.2, 0.25) is 5.91 Å². The predicted molar refractivity (Wildman–Crippen MR) is 103 cm³/mol. The van der Waals surface area contributed by atoms with Gasteiger partial charge in [0.05, 0.1) is 17.1 Å². The summed E-state index contributed by atoms with van der Waals surface area (Å²) >= 11 is 6.27. The Morgan fingerprint density at radius 2 is 2.16 bits per heavy atom. The van der Waals surface area contributed by atoms with E-state index in [4.69, 9.17) is 17.0 Å². The number of carbonyl (C=O) groups is 2. The zero-order valence-electron chi connectivity index (χ0n) is 13.6. The predicted octanol–water partition coefficient (Wildman–Crippen LogP) is 3.09. The summed E-state index contributed by atoms with van der Waals surface area (Å²) in [4.78, 5) is 27.1. The van der Waals surface area contributed by atoms with Crippen molar-refractivity contribution < 1.29 is 14.3 Å². The highest BCUT2D eigenvalue weighted by Gasteiger charge is 2.31. The van der Waals surface area contributed by atoms with Crippen LogP contribution in [0.1, 0.15) is 31.2 Å². The van der Waals surface area contributed by atoms with E-state index in [2.05, 4.69) is 5.32 Å². The fraction of sp³-hybridized carbons (Fsp3) is 0.389. The van der Waals surface area contributed by atoms with Gasteiger partial charge in [0.1, 0.15) is 16.7 Å². The molecule has 0 aromatic heterocycles. The summed E-state index contributed by atoms with van der Waals surface area (Å²) in [7, 11) is 0. The van der Waals surface area contributed by atoms with Gasteiger partial charge in [-0.25, -0.2) is 0 Å². The van der Waals surface area contributed by atoms with Gasteiger partial charge >= 0.3 is 0 Å². The molecule has 0 bridgehead atoms. The van der Waals surface area contributed by atoms with Crippen molar-refractivity contribution in [2.45, 2.75) is 25.7 Å². The molecule has 2 aliphatic heterocycles. The Kier molecular flexibility index (Phi) is 4.52. The molecule has 7 heteroatoms. The molecule has 0 atom stereocenters. The smallest absolute Gasteiger partial charge is 0.263 e. The second-order valence-electron chi connectivity index (χ2n) is 6.40. The van der Waals surface area contributed by atoms with Gasteiger partial charge in [-0.05, 0) is 36.6 Å². The third-order valence-electron chi connectivity index (χ3n) is 4.76. The summed E-state index contributed by atoms with van der Waals surface area (Å²) in [6.45, 7) is 1.08. The zero-order chi connectivity index (χ0) is 17.4. The molecule has 2 amide bonds. The van der Waals surface area contributed by atoms with Crippen molar-refractivity contribution in [1.82, 2.24) is 5.32 Å². The van der Waals surface area contributed by atoms with Crippen LogP contribution in [-0.2, 0) is 9.59 Å². The second-order valence-corrected chi connectivity index (χ2v) is 8.12. The summed E-state index contributed by atoms with van der Waals surface area (Å²) < 4.78 is 6.18. The molecule has 1 saturated heterocycles. The number of hydrogen-bond donors (Lipinski definition) is 1. The number of amides is 2. The van der Waals surface area contributed by atoms with Crippen LogP contribution in [0, 0.1) is 5.92 Å². The minimum atomic E-state index is -0.178. The highest BCUT2D eigenvalue weighted by Crippen LogP contribution is 2.37. The van der Waals surface area contributed by atoms with Crippen molar-refractivity contribution in [1.29, 1.82) is 0 Å². The topological polar surface area (TPSA) is 58.6 Å². The standard InChI is InChI=1S/C18H18N2O3S2/c21-16-15(25-18(24)19-16)10-11-5-6-14-13(9-11)20(7-8-23-14)17(22)12-3-1-2-4-12/h5-6,9-10,12H,1-4,7-8H2,(H,19,21,24)/b15-10-. The van der Waals surface area contributed by atoms with Gasteiger partial charge in [0.25, 0.3) is 5.91 Å². The number of hydrogen-bond acceptors (Lipinski definition) is 5.